The SMILES string of the molecule is CC(C)N1C(=O)CNc2cccc(CN)c21. The van der Waals surface area contributed by atoms with Crippen molar-refractivity contribution in [3.05, 3.63) is 23.8 Å². The molecule has 0 spiro atoms. The van der Waals surface area contributed by atoms with Gasteiger partial charge in [-0.3, -0.25) is 4.79 Å². The molecule has 0 bridgehead atoms. The maximum atomic E-state index is 11.9. The van der Waals surface area contributed by atoms with Gasteiger partial charge in [-0.25, -0.2) is 0 Å². The van der Waals surface area contributed by atoms with Gasteiger partial charge in [-0.1, -0.05) is 12.1 Å². The van der Waals surface area contributed by atoms with E-state index in [2.05, 4.69) is 5.32 Å². The molecule has 2 rings (SSSR count). The number of carbonyl (C=O) groups excluding carboxylic acids is 1. The Balaban J connectivity index is 2.56. The van der Waals surface area contributed by atoms with Gasteiger partial charge in [-0.15, -0.1) is 0 Å². The molecule has 0 saturated carbocycles. The molecule has 1 aliphatic rings. The lowest BCUT2D eigenvalue weighted by atomic mass is 10.1. The lowest BCUT2D eigenvalue weighted by molar-refractivity contribution is -0.117. The Morgan fingerprint density at radius 1 is 1.50 bits per heavy atom. The number of hydrogen-bond acceptors (Lipinski definition) is 3. The molecule has 1 aromatic rings. The summed E-state index contributed by atoms with van der Waals surface area (Å²) in [6.07, 6.45) is 0. The molecule has 4 heteroatoms. The number of hydrogen-bond donors (Lipinski definition) is 2. The highest BCUT2D eigenvalue weighted by Crippen LogP contribution is 2.34. The minimum atomic E-state index is 0.100. The van der Waals surface area contributed by atoms with E-state index < -0.39 is 0 Å². The topological polar surface area (TPSA) is 58.4 Å². The average molecular weight is 219 g/mol. The van der Waals surface area contributed by atoms with Crippen molar-refractivity contribution in [2.75, 3.05) is 16.8 Å². The predicted molar refractivity (Wildman–Crippen MR) is 65.4 cm³/mol. The van der Waals surface area contributed by atoms with Crippen LogP contribution in [0.2, 0.25) is 0 Å². The first-order valence-corrected chi connectivity index (χ1v) is 5.53. The monoisotopic (exact) mass is 219 g/mol. The first kappa shape index (κ1) is 11.0. The third kappa shape index (κ3) is 1.65. The van der Waals surface area contributed by atoms with Gasteiger partial charge in [0.25, 0.3) is 0 Å². The largest absolute Gasteiger partial charge is 0.374 e. The van der Waals surface area contributed by atoms with Gasteiger partial charge >= 0.3 is 0 Å². The van der Waals surface area contributed by atoms with Gasteiger partial charge in [0.15, 0.2) is 0 Å². The smallest absolute Gasteiger partial charge is 0.246 e. The molecule has 0 atom stereocenters. The molecule has 1 aromatic carbocycles. The normalized spacial score (nSPS) is 15.0. The molecular weight excluding hydrogens is 202 g/mol. The Morgan fingerprint density at radius 2 is 2.25 bits per heavy atom. The highest BCUT2D eigenvalue weighted by Gasteiger charge is 2.27. The number of nitrogens with one attached hydrogen (secondary N) is 1. The number of carbonyl (C=O) groups is 1. The second-order valence-electron chi connectivity index (χ2n) is 4.23. The number of anilines is 2. The number of nitrogens with two attached hydrogens (primary N) is 1. The van der Waals surface area contributed by atoms with Crippen LogP contribution in [0.4, 0.5) is 11.4 Å². The number of rotatable bonds is 2. The van der Waals surface area contributed by atoms with Crippen LogP contribution in [0.3, 0.4) is 0 Å². The van der Waals surface area contributed by atoms with E-state index in [0.29, 0.717) is 13.1 Å². The molecule has 0 aliphatic carbocycles. The number of nitrogens with zero attached hydrogens (tertiary/aromatic N) is 1. The predicted octanol–water partition coefficient (Wildman–Crippen LogP) is 1.31. The zero-order valence-electron chi connectivity index (χ0n) is 9.66. The van der Waals surface area contributed by atoms with Gasteiger partial charge in [0.05, 0.1) is 17.9 Å². The molecule has 0 unspecified atom stereocenters. The van der Waals surface area contributed by atoms with Gasteiger partial charge in [-0.2, -0.15) is 0 Å². The van der Waals surface area contributed by atoms with E-state index in [0.717, 1.165) is 16.9 Å². The van der Waals surface area contributed by atoms with E-state index in [1.54, 1.807) is 0 Å². The van der Waals surface area contributed by atoms with E-state index in [-0.39, 0.29) is 11.9 Å². The van der Waals surface area contributed by atoms with Crippen molar-refractivity contribution in [2.24, 2.45) is 5.73 Å². The third-order valence-electron chi connectivity index (χ3n) is 2.80. The summed E-state index contributed by atoms with van der Waals surface area (Å²) in [6.45, 7) is 4.83. The summed E-state index contributed by atoms with van der Waals surface area (Å²) in [6, 6.07) is 6.06. The van der Waals surface area contributed by atoms with Crippen molar-refractivity contribution in [2.45, 2.75) is 26.4 Å². The summed E-state index contributed by atoms with van der Waals surface area (Å²) in [4.78, 5) is 13.7. The molecule has 3 N–H and O–H groups in total. The first-order valence-electron chi connectivity index (χ1n) is 5.53. The highest BCUT2D eigenvalue weighted by atomic mass is 16.2. The minimum absolute atomic E-state index is 0.100. The van der Waals surface area contributed by atoms with Crippen molar-refractivity contribution >= 4 is 17.3 Å². The molecule has 1 heterocycles. The Morgan fingerprint density at radius 3 is 2.88 bits per heavy atom. The zero-order valence-corrected chi connectivity index (χ0v) is 9.66. The number of benzene rings is 1. The van der Waals surface area contributed by atoms with Crippen LogP contribution in [0.1, 0.15) is 19.4 Å². The summed E-state index contributed by atoms with van der Waals surface area (Å²) in [5, 5.41) is 3.13. The fourth-order valence-corrected chi connectivity index (χ4v) is 2.11. The van der Waals surface area contributed by atoms with Crippen LogP contribution < -0.4 is 16.0 Å². The van der Waals surface area contributed by atoms with Crippen LogP contribution in [0, 0.1) is 0 Å². The number of para-hydroxylation sites is 1. The second-order valence-corrected chi connectivity index (χ2v) is 4.23. The lowest BCUT2D eigenvalue weighted by Crippen LogP contribution is -2.44. The van der Waals surface area contributed by atoms with Crippen LogP contribution in [0.25, 0.3) is 0 Å². The van der Waals surface area contributed by atoms with Crippen molar-refractivity contribution in [1.29, 1.82) is 0 Å². The van der Waals surface area contributed by atoms with Gasteiger partial charge in [0, 0.05) is 12.6 Å². The number of amides is 1. The molecule has 1 amide bonds. The maximum Gasteiger partial charge on any atom is 0.246 e. The van der Waals surface area contributed by atoms with Crippen molar-refractivity contribution in [3.8, 4) is 0 Å². The summed E-state index contributed by atoms with van der Waals surface area (Å²) >= 11 is 0. The quantitative estimate of drug-likeness (QED) is 0.788. The third-order valence-corrected chi connectivity index (χ3v) is 2.80. The summed E-state index contributed by atoms with van der Waals surface area (Å²) in [7, 11) is 0. The molecule has 0 radical (unpaired) electrons. The molecule has 0 saturated heterocycles. The minimum Gasteiger partial charge on any atom is -0.374 e. The van der Waals surface area contributed by atoms with Crippen LogP contribution in [0.15, 0.2) is 18.2 Å². The van der Waals surface area contributed by atoms with Gasteiger partial charge in [-0.05, 0) is 25.5 Å². The number of fused-ring (bicyclic) bond motifs is 1. The van der Waals surface area contributed by atoms with Crippen LogP contribution >= 0.6 is 0 Å². The van der Waals surface area contributed by atoms with Gasteiger partial charge < -0.3 is 16.0 Å². The molecule has 86 valence electrons. The van der Waals surface area contributed by atoms with E-state index in [1.165, 1.54) is 0 Å². The fraction of sp³-hybridized carbons (Fsp3) is 0.417. The van der Waals surface area contributed by atoms with Gasteiger partial charge in [0.2, 0.25) is 5.91 Å². The van der Waals surface area contributed by atoms with Crippen molar-refractivity contribution in [3.63, 3.8) is 0 Å². The Hall–Kier alpha value is -1.55. The molecule has 0 fully saturated rings. The first-order chi connectivity index (χ1) is 7.65. The van der Waals surface area contributed by atoms with Crippen molar-refractivity contribution in [1.82, 2.24) is 0 Å². The van der Waals surface area contributed by atoms with Crippen molar-refractivity contribution < 1.29 is 4.79 Å². The summed E-state index contributed by atoms with van der Waals surface area (Å²) in [5.41, 5.74) is 8.66. The molecule has 4 nitrogen and oxygen atoms in total. The van der Waals surface area contributed by atoms with E-state index in [4.69, 9.17) is 5.73 Å². The molecule has 16 heavy (non-hydrogen) atoms. The molecule has 1 aliphatic heterocycles. The lowest BCUT2D eigenvalue weighted by Gasteiger charge is -2.34. The maximum absolute atomic E-state index is 11.9. The van der Waals surface area contributed by atoms with Crippen LogP contribution in [0.5, 0.6) is 0 Å². The Kier molecular flexibility index (Phi) is 2.83. The van der Waals surface area contributed by atoms with E-state index >= 15 is 0 Å². The summed E-state index contributed by atoms with van der Waals surface area (Å²) in [5.74, 6) is 0.100. The standard InChI is InChI=1S/C12H17N3O/c1-8(2)15-11(16)7-14-10-5-3-4-9(6-13)12(10)15/h3-5,8,14H,6-7,13H2,1-2H3. The van der Waals surface area contributed by atoms with Crippen LogP contribution in [-0.2, 0) is 11.3 Å². The Labute approximate surface area is 95.4 Å². The van der Waals surface area contributed by atoms with E-state index in [1.807, 2.05) is 36.9 Å². The Bertz CT molecular complexity index is 400. The van der Waals surface area contributed by atoms with Gasteiger partial charge in [0.1, 0.15) is 0 Å². The fourth-order valence-electron chi connectivity index (χ4n) is 2.11. The second kappa shape index (κ2) is 4.14. The van der Waals surface area contributed by atoms with E-state index in [9.17, 15) is 4.79 Å². The highest BCUT2D eigenvalue weighted by molar-refractivity contribution is 6.03. The average Bonchev–Trinajstić information content (AvgIpc) is 2.27. The molecule has 0 aromatic heterocycles. The van der Waals surface area contributed by atoms with Crippen LogP contribution in [-0.4, -0.2) is 18.5 Å². The molecular formula is C12H17N3O. The summed E-state index contributed by atoms with van der Waals surface area (Å²) < 4.78 is 0. The zero-order chi connectivity index (χ0) is 11.7.